The molecule has 118 valence electrons. The van der Waals surface area contributed by atoms with Crippen molar-refractivity contribution in [1.82, 2.24) is 9.80 Å². The largest absolute Gasteiger partial charge is 0.481 e. The number of nitrogens with zero attached hydrogens (tertiary/aromatic N) is 2. The van der Waals surface area contributed by atoms with Crippen LogP contribution in [0.1, 0.15) is 26.2 Å². The second-order valence-corrected chi connectivity index (χ2v) is 5.40. The highest BCUT2D eigenvalue weighted by atomic mass is 19.4. The summed E-state index contributed by atoms with van der Waals surface area (Å²) < 4.78 is 37.1. The zero-order valence-corrected chi connectivity index (χ0v) is 11.8. The Morgan fingerprint density at radius 3 is 2.70 bits per heavy atom. The summed E-state index contributed by atoms with van der Waals surface area (Å²) >= 11 is 0. The van der Waals surface area contributed by atoms with Crippen LogP contribution in [0.4, 0.5) is 13.2 Å². The molecule has 7 heteroatoms. The summed E-state index contributed by atoms with van der Waals surface area (Å²) in [6.07, 6.45) is -2.50. The molecule has 0 aromatic carbocycles. The molecule has 1 aliphatic heterocycles. The van der Waals surface area contributed by atoms with Gasteiger partial charge in [-0.2, -0.15) is 13.2 Å². The van der Waals surface area contributed by atoms with Crippen molar-refractivity contribution in [1.29, 1.82) is 0 Å². The summed E-state index contributed by atoms with van der Waals surface area (Å²) in [6.45, 7) is 4.10. The maximum absolute atomic E-state index is 12.4. The number of carboxylic acids is 1. The van der Waals surface area contributed by atoms with Gasteiger partial charge in [0.2, 0.25) is 0 Å². The summed E-state index contributed by atoms with van der Waals surface area (Å²) in [5.74, 6) is -0.551. The molecule has 1 N–H and O–H groups in total. The lowest BCUT2D eigenvalue weighted by Gasteiger charge is -2.25. The summed E-state index contributed by atoms with van der Waals surface area (Å²) in [5, 5.41) is 8.57. The molecule has 0 bridgehead atoms. The zero-order chi connectivity index (χ0) is 15.2. The monoisotopic (exact) mass is 296 g/mol. The Bertz CT molecular complexity index is 310. The van der Waals surface area contributed by atoms with Crippen molar-refractivity contribution in [2.24, 2.45) is 5.92 Å². The number of carbonyl (C=O) groups is 1. The molecular formula is C13H23F3N2O2. The van der Waals surface area contributed by atoms with Crippen LogP contribution in [0.3, 0.4) is 0 Å². The van der Waals surface area contributed by atoms with Crippen molar-refractivity contribution in [2.45, 2.75) is 32.4 Å². The van der Waals surface area contributed by atoms with E-state index in [2.05, 4.69) is 4.90 Å². The van der Waals surface area contributed by atoms with E-state index in [-0.39, 0.29) is 12.3 Å². The lowest BCUT2D eigenvalue weighted by atomic mass is 10.1. The van der Waals surface area contributed by atoms with E-state index in [9.17, 15) is 18.0 Å². The molecule has 0 spiro atoms. The van der Waals surface area contributed by atoms with Crippen molar-refractivity contribution in [3.8, 4) is 0 Å². The fourth-order valence-corrected chi connectivity index (χ4v) is 2.64. The van der Waals surface area contributed by atoms with Gasteiger partial charge in [-0.25, -0.2) is 0 Å². The quantitative estimate of drug-likeness (QED) is 0.744. The van der Waals surface area contributed by atoms with Crippen LogP contribution in [0.2, 0.25) is 0 Å². The van der Waals surface area contributed by atoms with Crippen LogP contribution in [0.25, 0.3) is 0 Å². The van der Waals surface area contributed by atoms with Gasteiger partial charge in [-0.15, -0.1) is 0 Å². The van der Waals surface area contributed by atoms with Gasteiger partial charge in [0.25, 0.3) is 0 Å². The molecule has 20 heavy (non-hydrogen) atoms. The minimum Gasteiger partial charge on any atom is -0.481 e. The molecule has 0 saturated carbocycles. The van der Waals surface area contributed by atoms with E-state index in [1.807, 2.05) is 0 Å². The Labute approximate surface area is 117 Å². The number of hydrogen-bond acceptors (Lipinski definition) is 3. The van der Waals surface area contributed by atoms with Gasteiger partial charge < -0.3 is 10.0 Å². The predicted molar refractivity (Wildman–Crippen MR) is 69.6 cm³/mol. The van der Waals surface area contributed by atoms with Gasteiger partial charge in [-0.3, -0.25) is 9.69 Å². The lowest BCUT2D eigenvalue weighted by molar-refractivity contribution is -0.146. The maximum atomic E-state index is 12.4. The number of alkyl halides is 3. The first-order chi connectivity index (χ1) is 9.30. The van der Waals surface area contributed by atoms with Crippen molar-refractivity contribution >= 4 is 5.97 Å². The summed E-state index contributed by atoms with van der Waals surface area (Å²) in [7, 11) is 0. The first kappa shape index (κ1) is 17.2. The predicted octanol–water partition coefficient (Wildman–Crippen LogP) is 2.06. The van der Waals surface area contributed by atoms with Crippen LogP contribution in [-0.2, 0) is 4.79 Å². The third kappa shape index (κ3) is 7.09. The second-order valence-electron chi connectivity index (χ2n) is 5.40. The van der Waals surface area contributed by atoms with E-state index in [0.29, 0.717) is 26.1 Å². The number of likely N-dealkylation sites (tertiary alicyclic amines) is 1. The fraction of sp³-hybridized carbons (Fsp3) is 0.923. The molecule has 0 aliphatic carbocycles. The third-order valence-corrected chi connectivity index (χ3v) is 3.60. The van der Waals surface area contributed by atoms with Crippen molar-refractivity contribution in [3.63, 3.8) is 0 Å². The molecule has 1 heterocycles. The van der Waals surface area contributed by atoms with E-state index >= 15 is 0 Å². The van der Waals surface area contributed by atoms with Crippen LogP contribution in [0.15, 0.2) is 0 Å². The van der Waals surface area contributed by atoms with Gasteiger partial charge in [-0.1, -0.05) is 6.92 Å². The summed E-state index contributed by atoms with van der Waals surface area (Å²) in [5.41, 5.74) is 0. The molecule has 4 nitrogen and oxygen atoms in total. The number of halogens is 3. The molecule has 0 aromatic heterocycles. The lowest BCUT2D eigenvalue weighted by Crippen LogP contribution is -2.38. The minimum atomic E-state index is -4.14. The van der Waals surface area contributed by atoms with Crippen molar-refractivity contribution < 1.29 is 23.1 Å². The highest BCUT2D eigenvalue weighted by Gasteiger charge is 2.32. The molecule has 1 unspecified atom stereocenters. The molecule has 0 radical (unpaired) electrons. The highest BCUT2D eigenvalue weighted by molar-refractivity contribution is 5.66. The van der Waals surface area contributed by atoms with Crippen LogP contribution in [-0.4, -0.2) is 66.3 Å². The van der Waals surface area contributed by atoms with Gasteiger partial charge in [0, 0.05) is 19.5 Å². The van der Waals surface area contributed by atoms with E-state index in [1.54, 1.807) is 6.92 Å². The molecule has 1 atom stereocenters. The first-order valence-electron chi connectivity index (χ1n) is 7.03. The number of hydrogen-bond donors (Lipinski definition) is 1. The van der Waals surface area contributed by atoms with Crippen LogP contribution >= 0.6 is 0 Å². The van der Waals surface area contributed by atoms with Gasteiger partial charge in [0.1, 0.15) is 0 Å². The van der Waals surface area contributed by atoms with Gasteiger partial charge in [-0.05, 0) is 38.4 Å². The Morgan fingerprint density at radius 1 is 1.45 bits per heavy atom. The maximum Gasteiger partial charge on any atom is 0.401 e. The average Bonchev–Trinajstić information content (AvgIpc) is 2.73. The molecule has 0 amide bonds. The Hall–Kier alpha value is -0.820. The normalized spacial score (nSPS) is 20.8. The van der Waals surface area contributed by atoms with Crippen molar-refractivity contribution in [3.05, 3.63) is 0 Å². The van der Waals surface area contributed by atoms with E-state index in [4.69, 9.17) is 5.11 Å². The second kappa shape index (κ2) is 7.83. The van der Waals surface area contributed by atoms with Gasteiger partial charge >= 0.3 is 12.1 Å². The molecule has 1 aliphatic rings. The molecule has 0 aromatic rings. The Balaban J connectivity index is 2.27. The smallest absolute Gasteiger partial charge is 0.401 e. The summed E-state index contributed by atoms with van der Waals surface area (Å²) in [6, 6.07) is 0. The van der Waals surface area contributed by atoms with E-state index < -0.39 is 18.7 Å². The van der Waals surface area contributed by atoms with Crippen LogP contribution < -0.4 is 0 Å². The number of rotatable bonds is 8. The molecule has 1 saturated heterocycles. The van der Waals surface area contributed by atoms with E-state index in [1.165, 1.54) is 4.90 Å². The zero-order valence-electron chi connectivity index (χ0n) is 11.8. The fourth-order valence-electron chi connectivity index (χ4n) is 2.64. The molecule has 1 rings (SSSR count). The minimum absolute atomic E-state index is 0.149. The van der Waals surface area contributed by atoms with E-state index in [0.717, 1.165) is 19.5 Å². The van der Waals surface area contributed by atoms with Crippen LogP contribution in [0.5, 0.6) is 0 Å². The molecular weight excluding hydrogens is 273 g/mol. The summed E-state index contributed by atoms with van der Waals surface area (Å²) in [4.78, 5) is 14.0. The molecule has 1 fully saturated rings. The first-order valence-corrected chi connectivity index (χ1v) is 7.03. The number of carboxylic acid groups (broad SMARTS) is 1. The standard InChI is InChI=1S/C13H23F3N2O2/c1-2-17(10-13(14,15)16)8-11-5-7-18(9-11)6-3-4-12(19)20/h11H,2-10H2,1H3,(H,19,20). The topological polar surface area (TPSA) is 43.8 Å². The average molecular weight is 296 g/mol. The van der Waals surface area contributed by atoms with Gasteiger partial charge in [0.15, 0.2) is 0 Å². The van der Waals surface area contributed by atoms with Crippen molar-refractivity contribution in [2.75, 3.05) is 39.3 Å². The highest BCUT2D eigenvalue weighted by Crippen LogP contribution is 2.21. The SMILES string of the molecule is CCN(CC1CCN(CCCC(=O)O)C1)CC(F)(F)F. The third-order valence-electron chi connectivity index (χ3n) is 3.60. The van der Waals surface area contributed by atoms with Gasteiger partial charge in [0.05, 0.1) is 6.54 Å². The Morgan fingerprint density at radius 2 is 2.15 bits per heavy atom. The Kier molecular flexibility index (Phi) is 6.75. The van der Waals surface area contributed by atoms with Crippen LogP contribution in [0, 0.1) is 5.92 Å². The number of aliphatic carboxylic acids is 1.